The molecule has 3 rings (SSSR count). The fourth-order valence-corrected chi connectivity index (χ4v) is 5.51. The average molecular weight is 486 g/mol. The van der Waals surface area contributed by atoms with Gasteiger partial charge in [-0.05, 0) is 42.8 Å². The molecule has 1 amide bonds. The zero-order valence-electron chi connectivity index (χ0n) is 16.5. The van der Waals surface area contributed by atoms with Crippen LogP contribution in [-0.4, -0.2) is 28.5 Å². The number of rotatable bonds is 8. The molecule has 11 heteroatoms. The minimum absolute atomic E-state index is 0.0975. The van der Waals surface area contributed by atoms with Gasteiger partial charge >= 0.3 is 6.18 Å². The van der Waals surface area contributed by atoms with Crippen molar-refractivity contribution in [1.29, 1.82) is 0 Å². The van der Waals surface area contributed by atoms with E-state index in [0.717, 1.165) is 33.5 Å². The van der Waals surface area contributed by atoms with E-state index >= 15 is 0 Å². The van der Waals surface area contributed by atoms with Crippen LogP contribution in [0.15, 0.2) is 57.2 Å². The maximum Gasteiger partial charge on any atom is 0.416 e. The fraction of sp³-hybridized carbons (Fsp3) is 0.250. The van der Waals surface area contributed by atoms with E-state index in [1.807, 2.05) is 24.3 Å². The van der Waals surface area contributed by atoms with Gasteiger partial charge in [0.1, 0.15) is 5.75 Å². The van der Waals surface area contributed by atoms with E-state index in [0.29, 0.717) is 4.34 Å². The monoisotopic (exact) mass is 485 g/mol. The lowest BCUT2D eigenvalue weighted by Crippen LogP contribution is -2.22. The summed E-state index contributed by atoms with van der Waals surface area (Å²) >= 11 is 4.11. The van der Waals surface area contributed by atoms with E-state index < -0.39 is 22.9 Å². The normalized spacial score (nSPS) is 12.4. The molecule has 0 saturated carbocycles. The quantitative estimate of drug-likeness (QED) is 0.396. The molecule has 0 saturated heterocycles. The van der Waals surface area contributed by atoms with Crippen LogP contribution in [0.1, 0.15) is 18.1 Å². The predicted octanol–water partition coefficient (Wildman–Crippen LogP) is 5.98. The molecule has 0 fully saturated rings. The van der Waals surface area contributed by atoms with Gasteiger partial charge in [0.2, 0.25) is 5.91 Å². The summed E-state index contributed by atoms with van der Waals surface area (Å²) in [5.41, 5.74) is 0.401. The van der Waals surface area contributed by atoms with Gasteiger partial charge in [0.25, 0.3) is 0 Å². The lowest BCUT2D eigenvalue weighted by Gasteiger charge is -2.12. The standard InChI is InChI=1S/C20H18F3N3O2S3/c1-12(17(27)24-15-5-3-4-14(10-15)20(21,22)23)30-19-26-25-18(31-19)29-11-13-6-8-16(28-2)9-7-13/h3-10,12H,11H2,1-2H3,(H,24,27). The molecule has 0 aliphatic carbocycles. The number of ether oxygens (including phenoxy) is 1. The molecule has 0 spiro atoms. The van der Waals surface area contributed by atoms with Gasteiger partial charge < -0.3 is 10.1 Å². The molecule has 0 aliphatic rings. The average Bonchev–Trinajstić information content (AvgIpc) is 3.19. The van der Waals surface area contributed by atoms with E-state index in [9.17, 15) is 18.0 Å². The van der Waals surface area contributed by atoms with E-state index in [2.05, 4.69) is 15.5 Å². The van der Waals surface area contributed by atoms with Gasteiger partial charge in [-0.3, -0.25) is 4.79 Å². The van der Waals surface area contributed by atoms with Crippen molar-refractivity contribution in [3.05, 3.63) is 59.7 Å². The molecule has 1 heterocycles. The van der Waals surface area contributed by atoms with Crippen molar-refractivity contribution in [3.63, 3.8) is 0 Å². The Bertz CT molecular complexity index is 1030. The number of nitrogens with one attached hydrogen (secondary N) is 1. The number of anilines is 1. The Labute approximate surface area is 189 Å². The van der Waals surface area contributed by atoms with Crippen LogP contribution in [0.2, 0.25) is 0 Å². The second-order valence-corrected chi connectivity index (χ2v) is 10.1. The summed E-state index contributed by atoms with van der Waals surface area (Å²) in [7, 11) is 1.62. The maximum atomic E-state index is 12.8. The smallest absolute Gasteiger partial charge is 0.416 e. The first-order valence-corrected chi connectivity index (χ1v) is 11.7. The fourth-order valence-electron chi connectivity index (χ4n) is 2.39. The third kappa shape index (κ3) is 6.88. The van der Waals surface area contributed by atoms with Crippen LogP contribution in [-0.2, 0) is 16.7 Å². The van der Waals surface area contributed by atoms with Crippen LogP contribution in [0.3, 0.4) is 0 Å². The van der Waals surface area contributed by atoms with Crippen molar-refractivity contribution in [2.45, 2.75) is 32.8 Å². The van der Waals surface area contributed by atoms with Crippen molar-refractivity contribution in [2.75, 3.05) is 12.4 Å². The highest BCUT2D eigenvalue weighted by atomic mass is 32.2. The maximum absolute atomic E-state index is 12.8. The second kappa shape index (κ2) is 10.4. The Hall–Kier alpha value is -2.24. The number of amides is 1. The molecule has 3 aromatic rings. The summed E-state index contributed by atoms with van der Waals surface area (Å²) in [5.74, 6) is 1.10. The Morgan fingerprint density at radius 1 is 1.16 bits per heavy atom. The van der Waals surface area contributed by atoms with Crippen molar-refractivity contribution in [2.24, 2.45) is 0 Å². The van der Waals surface area contributed by atoms with E-state index in [-0.39, 0.29) is 5.69 Å². The molecular formula is C20H18F3N3O2S3. The molecule has 1 N–H and O–H groups in total. The SMILES string of the molecule is COc1ccc(CSc2nnc(SC(C)C(=O)Nc3cccc(C(F)(F)F)c3)s2)cc1. The molecule has 1 atom stereocenters. The van der Waals surface area contributed by atoms with Gasteiger partial charge in [0.05, 0.1) is 17.9 Å². The van der Waals surface area contributed by atoms with Crippen LogP contribution >= 0.6 is 34.9 Å². The molecule has 164 valence electrons. The number of carbonyl (C=O) groups is 1. The number of hydrogen-bond acceptors (Lipinski definition) is 7. The van der Waals surface area contributed by atoms with Crippen molar-refractivity contribution in [1.82, 2.24) is 10.2 Å². The highest BCUT2D eigenvalue weighted by Crippen LogP contribution is 2.34. The van der Waals surface area contributed by atoms with Crippen LogP contribution < -0.4 is 10.1 Å². The molecule has 0 aliphatic heterocycles. The number of alkyl halides is 3. The highest BCUT2D eigenvalue weighted by Gasteiger charge is 2.30. The number of nitrogens with zero attached hydrogens (tertiary/aromatic N) is 2. The van der Waals surface area contributed by atoms with Gasteiger partial charge in [-0.2, -0.15) is 13.2 Å². The summed E-state index contributed by atoms with van der Waals surface area (Å²) in [5, 5.41) is 10.2. The van der Waals surface area contributed by atoms with E-state index in [4.69, 9.17) is 4.74 Å². The van der Waals surface area contributed by atoms with Crippen LogP contribution in [0.5, 0.6) is 5.75 Å². The zero-order valence-corrected chi connectivity index (χ0v) is 18.9. The van der Waals surface area contributed by atoms with Crippen molar-refractivity contribution >= 4 is 46.5 Å². The van der Waals surface area contributed by atoms with Crippen LogP contribution in [0.25, 0.3) is 0 Å². The summed E-state index contributed by atoms with van der Waals surface area (Å²) in [6, 6.07) is 12.3. The van der Waals surface area contributed by atoms with E-state index in [1.165, 1.54) is 47.0 Å². The van der Waals surface area contributed by atoms with Crippen LogP contribution in [0, 0.1) is 0 Å². The number of hydrogen-bond donors (Lipinski definition) is 1. The number of halogens is 3. The van der Waals surface area contributed by atoms with Crippen molar-refractivity contribution < 1.29 is 22.7 Å². The Morgan fingerprint density at radius 2 is 1.87 bits per heavy atom. The Morgan fingerprint density at radius 3 is 2.55 bits per heavy atom. The van der Waals surface area contributed by atoms with Gasteiger partial charge in [0.15, 0.2) is 8.68 Å². The zero-order chi connectivity index (χ0) is 22.4. The topological polar surface area (TPSA) is 64.1 Å². The summed E-state index contributed by atoms with van der Waals surface area (Å²) in [6.07, 6.45) is -4.46. The molecule has 31 heavy (non-hydrogen) atoms. The second-order valence-electron chi connectivity index (χ2n) is 6.30. The van der Waals surface area contributed by atoms with Crippen molar-refractivity contribution in [3.8, 4) is 5.75 Å². The van der Waals surface area contributed by atoms with Gasteiger partial charge in [0, 0.05) is 11.4 Å². The first kappa shape index (κ1) is 23.4. The first-order valence-electron chi connectivity index (χ1n) is 8.98. The Kier molecular flexibility index (Phi) is 7.84. The number of thioether (sulfide) groups is 2. The minimum atomic E-state index is -4.46. The van der Waals surface area contributed by atoms with E-state index in [1.54, 1.807) is 14.0 Å². The third-order valence-electron chi connectivity index (χ3n) is 4.01. The van der Waals surface area contributed by atoms with Gasteiger partial charge in [-0.25, -0.2) is 0 Å². The summed E-state index contributed by atoms with van der Waals surface area (Å²) in [4.78, 5) is 12.4. The lowest BCUT2D eigenvalue weighted by atomic mass is 10.2. The number of aromatic nitrogens is 2. The molecule has 0 radical (unpaired) electrons. The van der Waals surface area contributed by atoms with Gasteiger partial charge in [-0.15, -0.1) is 10.2 Å². The molecule has 0 bridgehead atoms. The number of carbonyl (C=O) groups excluding carboxylic acids is 1. The molecule has 5 nitrogen and oxygen atoms in total. The number of methoxy groups -OCH3 is 1. The minimum Gasteiger partial charge on any atom is -0.497 e. The molecule has 1 unspecified atom stereocenters. The summed E-state index contributed by atoms with van der Waals surface area (Å²) in [6.45, 7) is 1.67. The molecular weight excluding hydrogens is 467 g/mol. The first-order chi connectivity index (χ1) is 14.7. The molecule has 1 aromatic heterocycles. The molecule has 2 aromatic carbocycles. The predicted molar refractivity (Wildman–Crippen MR) is 118 cm³/mol. The highest BCUT2D eigenvalue weighted by molar-refractivity contribution is 8.03. The Balaban J connectivity index is 1.53. The van der Waals surface area contributed by atoms with Crippen LogP contribution in [0.4, 0.5) is 18.9 Å². The lowest BCUT2D eigenvalue weighted by molar-refractivity contribution is -0.137. The number of benzene rings is 2. The van der Waals surface area contributed by atoms with Gasteiger partial charge in [-0.1, -0.05) is 53.1 Å². The largest absolute Gasteiger partial charge is 0.497 e. The summed E-state index contributed by atoms with van der Waals surface area (Å²) < 4.78 is 45.0. The third-order valence-corrected chi connectivity index (χ3v) is 7.33.